The first-order valence-electron chi connectivity index (χ1n) is 6.15. The topological polar surface area (TPSA) is 38.3 Å². The predicted molar refractivity (Wildman–Crippen MR) is 69.0 cm³/mol. The number of amides is 1. The number of rotatable bonds is 4. The number of hydrogen-bond donors (Lipinski definition) is 1. The maximum atomic E-state index is 11.7. The molecular formula is C12H22BrNO2. The van der Waals surface area contributed by atoms with Gasteiger partial charge in [-0.15, -0.1) is 0 Å². The Balaban J connectivity index is 2.34. The molecule has 1 fully saturated rings. The highest BCUT2D eigenvalue weighted by molar-refractivity contribution is 9.09. The molecule has 0 aromatic heterocycles. The van der Waals surface area contributed by atoms with Crippen molar-refractivity contribution in [2.24, 2.45) is 0 Å². The second kappa shape index (κ2) is 6.48. The van der Waals surface area contributed by atoms with E-state index in [1.165, 1.54) is 19.3 Å². The molecule has 4 heteroatoms. The van der Waals surface area contributed by atoms with E-state index in [1.54, 1.807) is 0 Å². The molecule has 1 unspecified atom stereocenters. The Hall–Kier alpha value is -0.250. The van der Waals surface area contributed by atoms with Crippen LogP contribution in [0.25, 0.3) is 0 Å². The summed E-state index contributed by atoms with van der Waals surface area (Å²) < 4.78 is 5.44. The average Bonchev–Trinajstić information content (AvgIpc) is 2.30. The zero-order chi connectivity index (χ0) is 12.0. The van der Waals surface area contributed by atoms with Gasteiger partial charge in [-0.3, -0.25) is 0 Å². The maximum Gasteiger partial charge on any atom is 0.407 e. The lowest BCUT2D eigenvalue weighted by Crippen LogP contribution is -2.42. The summed E-state index contributed by atoms with van der Waals surface area (Å²) in [6, 6.07) is 0.317. The summed E-state index contributed by atoms with van der Waals surface area (Å²) in [6.07, 6.45) is 6.45. The zero-order valence-electron chi connectivity index (χ0n) is 10.2. The first-order valence-corrected chi connectivity index (χ1v) is 7.27. The van der Waals surface area contributed by atoms with Crippen molar-refractivity contribution in [3.05, 3.63) is 0 Å². The molecule has 1 N–H and O–H groups in total. The van der Waals surface area contributed by atoms with E-state index in [0.717, 1.165) is 19.3 Å². The fourth-order valence-corrected chi connectivity index (χ4v) is 2.37. The monoisotopic (exact) mass is 291 g/mol. The van der Waals surface area contributed by atoms with Gasteiger partial charge >= 0.3 is 6.09 Å². The van der Waals surface area contributed by atoms with Crippen LogP contribution >= 0.6 is 15.9 Å². The summed E-state index contributed by atoms with van der Waals surface area (Å²) in [7, 11) is 0. The summed E-state index contributed by atoms with van der Waals surface area (Å²) in [5.74, 6) is 0. The van der Waals surface area contributed by atoms with Gasteiger partial charge in [-0.1, -0.05) is 42.1 Å². The van der Waals surface area contributed by atoms with Crippen LogP contribution in [-0.4, -0.2) is 23.1 Å². The molecule has 0 radical (unpaired) electrons. The van der Waals surface area contributed by atoms with Gasteiger partial charge in [0.05, 0.1) is 0 Å². The number of nitrogens with one attached hydrogen (secondary N) is 1. The van der Waals surface area contributed by atoms with E-state index in [1.807, 2.05) is 13.8 Å². The Morgan fingerprint density at radius 3 is 2.56 bits per heavy atom. The van der Waals surface area contributed by atoms with Crippen molar-refractivity contribution in [3.63, 3.8) is 0 Å². The molecule has 0 aliphatic heterocycles. The summed E-state index contributed by atoms with van der Waals surface area (Å²) in [4.78, 5) is 11.7. The molecule has 1 aliphatic carbocycles. The average molecular weight is 292 g/mol. The maximum absolute atomic E-state index is 11.7. The van der Waals surface area contributed by atoms with Crippen LogP contribution < -0.4 is 5.32 Å². The van der Waals surface area contributed by atoms with Crippen LogP contribution in [0, 0.1) is 0 Å². The van der Waals surface area contributed by atoms with Crippen molar-refractivity contribution in [2.75, 3.05) is 5.33 Å². The van der Waals surface area contributed by atoms with Gasteiger partial charge in [-0.25, -0.2) is 4.79 Å². The lowest BCUT2D eigenvalue weighted by atomic mass is 9.96. The van der Waals surface area contributed by atoms with Crippen LogP contribution in [0.1, 0.15) is 52.4 Å². The minimum Gasteiger partial charge on any atom is -0.442 e. The van der Waals surface area contributed by atoms with Crippen molar-refractivity contribution in [1.29, 1.82) is 0 Å². The summed E-state index contributed by atoms with van der Waals surface area (Å²) in [5, 5.41) is 3.64. The molecule has 0 spiro atoms. The normalized spacial score (nSPS) is 21.2. The lowest BCUT2D eigenvalue weighted by molar-refractivity contribution is 0.0376. The van der Waals surface area contributed by atoms with Crippen molar-refractivity contribution in [3.8, 4) is 0 Å². The number of carbonyl (C=O) groups excluding carboxylic acids is 1. The molecule has 16 heavy (non-hydrogen) atoms. The number of carbonyl (C=O) groups is 1. The minimum absolute atomic E-state index is 0.268. The molecule has 0 saturated heterocycles. The SMILES string of the molecule is CCC(C)(CBr)OC(=O)NC1CCCCC1. The fraction of sp³-hybridized carbons (Fsp3) is 0.917. The van der Waals surface area contributed by atoms with Gasteiger partial charge in [0.1, 0.15) is 5.60 Å². The van der Waals surface area contributed by atoms with Gasteiger partial charge in [0.2, 0.25) is 0 Å². The standard InChI is InChI=1S/C12H22BrNO2/c1-3-12(2,9-13)16-11(15)14-10-7-5-4-6-8-10/h10H,3-9H2,1-2H3,(H,14,15). The third-order valence-electron chi connectivity index (χ3n) is 3.30. The molecule has 0 bridgehead atoms. The van der Waals surface area contributed by atoms with Gasteiger partial charge in [-0.05, 0) is 26.2 Å². The van der Waals surface area contributed by atoms with Gasteiger partial charge in [0.15, 0.2) is 0 Å². The molecule has 3 nitrogen and oxygen atoms in total. The Bertz CT molecular complexity index is 223. The molecule has 1 amide bonds. The Morgan fingerprint density at radius 2 is 2.06 bits per heavy atom. The van der Waals surface area contributed by atoms with Gasteiger partial charge in [0, 0.05) is 11.4 Å². The molecule has 94 valence electrons. The van der Waals surface area contributed by atoms with Crippen molar-refractivity contribution >= 4 is 22.0 Å². The number of hydrogen-bond acceptors (Lipinski definition) is 2. The number of alkyl carbamates (subject to hydrolysis) is 1. The largest absolute Gasteiger partial charge is 0.442 e. The third-order valence-corrected chi connectivity index (χ3v) is 4.48. The third kappa shape index (κ3) is 4.32. The van der Waals surface area contributed by atoms with E-state index in [2.05, 4.69) is 21.2 Å². The molecular weight excluding hydrogens is 270 g/mol. The highest BCUT2D eigenvalue weighted by Crippen LogP contribution is 2.20. The van der Waals surface area contributed by atoms with Crippen LogP contribution in [0.5, 0.6) is 0 Å². The van der Waals surface area contributed by atoms with Crippen LogP contribution in [0.4, 0.5) is 4.79 Å². The van der Waals surface area contributed by atoms with E-state index in [-0.39, 0.29) is 6.09 Å². The first kappa shape index (κ1) is 13.8. The fourth-order valence-electron chi connectivity index (χ4n) is 1.86. The molecule has 0 aromatic rings. The highest BCUT2D eigenvalue weighted by atomic mass is 79.9. The van der Waals surface area contributed by atoms with Crippen molar-refractivity contribution in [2.45, 2.75) is 64.0 Å². The van der Waals surface area contributed by atoms with Crippen LogP contribution in [-0.2, 0) is 4.74 Å². The second-order valence-corrected chi connectivity index (χ2v) is 5.37. The van der Waals surface area contributed by atoms with Gasteiger partial charge in [0.25, 0.3) is 0 Å². The second-order valence-electron chi connectivity index (χ2n) is 4.81. The molecule has 1 saturated carbocycles. The van der Waals surface area contributed by atoms with E-state index >= 15 is 0 Å². The molecule has 1 aliphatic rings. The highest BCUT2D eigenvalue weighted by Gasteiger charge is 2.26. The predicted octanol–water partition coefficient (Wildman–Crippen LogP) is 3.61. The zero-order valence-corrected chi connectivity index (χ0v) is 11.8. The summed E-state index contributed by atoms with van der Waals surface area (Å²) >= 11 is 3.38. The molecule has 1 rings (SSSR count). The van der Waals surface area contributed by atoms with Crippen LogP contribution in [0.15, 0.2) is 0 Å². The number of halogens is 1. The Morgan fingerprint density at radius 1 is 1.44 bits per heavy atom. The Labute approximate surface area is 106 Å². The van der Waals surface area contributed by atoms with E-state index in [4.69, 9.17) is 4.74 Å². The van der Waals surface area contributed by atoms with E-state index in [0.29, 0.717) is 11.4 Å². The minimum atomic E-state index is -0.390. The lowest BCUT2D eigenvalue weighted by Gasteiger charge is -2.28. The quantitative estimate of drug-likeness (QED) is 0.804. The smallest absolute Gasteiger partial charge is 0.407 e. The van der Waals surface area contributed by atoms with Crippen LogP contribution in [0.3, 0.4) is 0 Å². The van der Waals surface area contributed by atoms with Crippen LogP contribution in [0.2, 0.25) is 0 Å². The molecule has 0 aromatic carbocycles. The Kier molecular flexibility index (Phi) is 5.59. The summed E-state index contributed by atoms with van der Waals surface area (Å²) in [6.45, 7) is 3.97. The molecule has 0 heterocycles. The van der Waals surface area contributed by atoms with E-state index in [9.17, 15) is 4.79 Å². The number of ether oxygens (including phenoxy) is 1. The van der Waals surface area contributed by atoms with Crippen molar-refractivity contribution in [1.82, 2.24) is 5.32 Å². The van der Waals surface area contributed by atoms with E-state index < -0.39 is 5.60 Å². The van der Waals surface area contributed by atoms with Gasteiger partial charge in [-0.2, -0.15) is 0 Å². The first-order chi connectivity index (χ1) is 7.59. The van der Waals surface area contributed by atoms with Crippen molar-refractivity contribution < 1.29 is 9.53 Å². The summed E-state index contributed by atoms with van der Waals surface area (Å²) in [5.41, 5.74) is -0.390. The number of alkyl halides is 1. The molecule has 1 atom stereocenters. The van der Waals surface area contributed by atoms with Gasteiger partial charge < -0.3 is 10.1 Å².